The van der Waals surface area contributed by atoms with Crippen molar-refractivity contribution in [2.24, 2.45) is 0 Å². The predicted molar refractivity (Wildman–Crippen MR) is 107 cm³/mol. The molecule has 1 saturated carbocycles. The van der Waals surface area contributed by atoms with Gasteiger partial charge in [-0.15, -0.1) is 0 Å². The minimum Gasteiger partial charge on any atom is -0.343 e. The van der Waals surface area contributed by atoms with Gasteiger partial charge in [0.05, 0.1) is 5.56 Å². The number of aromatic nitrogens is 3. The molecule has 9 nitrogen and oxygen atoms in total. The van der Waals surface area contributed by atoms with E-state index < -0.39 is 34.4 Å². The third-order valence-corrected chi connectivity index (χ3v) is 5.34. The summed E-state index contributed by atoms with van der Waals surface area (Å²) in [5, 5.41) is 9.14. The van der Waals surface area contributed by atoms with Gasteiger partial charge < -0.3 is 20.1 Å². The van der Waals surface area contributed by atoms with E-state index >= 15 is 0 Å². The molecule has 3 rings (SSSR count). The number of nitrogens with one attached hydrogen (secondary N) is 3. The van der Waals surface area contributed by atoms with Gasteiger partial charge in [-0.1, -0.05) is 30.8 Å². The Labute approximate surface area is 181 Å². The van der Waals surface area contributed by atoms with Crippen molar-refractivity contribution in [1.82, 2.24) is 20.4 Å². The normalized spacial score (nSPS) is 16.2. The van der Waals surface area contributed by atoms with Crippen molar-refractivity contribution in [2.45, 2.75) is 70.0 Å². The number of alkyl halides is 3. The summed E-state index contributed by atoms with van der Waals surface area (Å²) in [7, 11) is 0. The van der Waals surface area contributed by atoms with Crippen LogP contribution in [0.4, 0.5) is 18.9 Å². The average Bonchev–Trinajstić information content (AvgIpc) is 3.07. The highest BCUT2D eigenvalue weighted by Crippen LogP contribution is 2.34. The summed E-state index contributed by atoms with van der Waals surface area (Å²) in [6.07, 6.45) is 0.936. The van der Waals surface area contributed by atoms with E-state index in [1.54, 1.807) is 0 Å². The van der Waals surface area contributed by atoms with Crippen LogP contribution in [0.5, 0.6) is 0 Å². The van der Waals surface area contributed by atoms with Crippen LogP contribution < -0.4 is 16.2 Å². The minimum atomic E-state index is -4.66. The summed E-state index contributed by atoms with van der Waals surface area (Å²) in [6, 6.07) is 0.574. The van der Waals surface area contributed by atoms with Crippen LogP contribution in [0.2, 0.25) is 0 Å². The van der Waals surface area contributed by atoms with E-state index in [4.69, 9.17) is 4.52 Å². The fraction of sp³-hybridized carbons (Fsp3) is 0.550. The van der Waals surface area contributed by atoms with Crippen LogP contribution in [0.25, 0.3) is 0 Å². The first-order valence-corrected chi connectivity index (χ1v) is 10.3. The number of H-pyrrole nitrogens is 1. The number of amides is 2. The second-order valence-corrected chi connectivity index (χ2v) is 7.87. The standard InChI is InChI=1S/C20H24F3N5O4/c1-12(29)27-19(8-4-2-3-5-9-19)18-26-16(32-28-18)7-6-15(30)25-14-10-13(20(21,22)23)11-24-17(14)31/h10-11H,2-9H2,1H3,(H,24,31)(H,25,30)(H,27,29). The van der Waals surface area contributed by atoms with Crippen LogP contribution in [0.3, 0.4) is 0 Å². The summed E-state index contributed by atoms with van der Waals surface area (Å²) in [4.78, 5) is 42.0. The highest BCUT2D eigenvalue weighted by molar-refractivity contribution is 5.90. The van der Waals surface area contributed by atoms with Crippen molar-refractivity contribution < 1.29 is 27.3 Å². The van der Waals surface area contributed by atoms with E-state index in [1.165, 1.54) is 6.92 Å². The van der Waals surface area contributed by atoms with Crippen molar-refractivity contribution in [2.75, 3.05) is 5.32 Å². The molecule has 1 aliphatic rings. The zero-order valence-electron chi connectivity index (χ0n) is 17.5. The van der Waals surface area contributed by atoms with Gasteiger partial charge in [-0.05, 0) is 18.9 Å². The minimum absolute atomic E-state index is 0.0197. The number of aromatic amines is 1. The largest absolute Gasteiger partial charge is 0.417 e. The Kier molecular flexibility index (Phi) is 6.99. The lowest BCUT2D eigenvalue weighted by Gasteiger charge is -2.30. The average molecular weight is 455 g/mol. The number of pyridine rings is 1. The third kappa shape index (κ3) is 5.74. The molecule has 0 bridgehead atoms. The second-order valence-electron chi connectivity index (χ2n) is 7.87. The van der Waals surface area contributed by atoms with Crippen molar-refractivity contribution in [3.63, 3.8) is 0 Å². The number of rotatable bonds is 6. The second kappa shape index (κ2) is 9.53. The molecule has 0 saturated heterocycles. The Morgan fingerprint density at radius 3 is 2.53 bits per heavy atom. The smallest absolute Gasteiger partial charge is 0.343 e. The molecule has 0 radical (unpaired) electrons. The highest BCUT2D eigenvalue weighted by Gasteiger charge is 2.38. The molecular formula is C20H24F3N5O4. The van der Waals surface area contributed by atoms with Crippen LogP contribution >= 0.6 is 0 Å². The molecular weight excluding hydrogens is 431 g/mol. The lowest BCUT2D eigenvalue weighted by atomic mass is 9.89. The monoisotopic (exact) mass is 455 g/mol. The first kappa shape index (κ1) is 23.5. The van der Waals surface area contributed by atoms with Crippen LogP contribution in [0.15, 0.2) is 21.6 Å². The number of anilines is 1. The first-order chi connectivity index (χ1) is 15.1. The molecule has 1 aliphatic carbocycles. The molecule has 2 heterocycles. The Bertz CT molecular complexity index is 1020. The fourth-order valence-electron chi connectivity index (χ4n) is 3.80. The van der Waals surface area contributed by atoms with E-state index in [9.17, 15) is 27.6 Å². The van der Waals surface area contributed by atoms with Gasteiger partial charge in [0, 0.05) is 26.0 Å². The zero-order valence-corrected chi connectivity index (χ0v) is 17.5. The molecule has 2 aromatic heterocycles. The molecule has 12 heteroatoms. The van der Waals surface area contributed by atoms with Gasteiger partial charge in [-0.25, -0.2) is 0 Å². The summed E-state index contributed by atoms with van der Waals surface area (Å²) in [6.45, 7) is 1.42. The van der Waals surface area contributed by atoms with Crippen molar-refractivity contribution in [3.8, 4) is 0 Å². The summed E-state index contributed by atoms with van der Waals surface area (Å²) in [5.41, 5.74) is -3.16. The highest BCUT2D eigenvalue weighted by atomic mass is 19.4. The Balaban J connectivity index is 1.66. The Hall–Kier alpha value is -3.18. The summed E-state index contributed by atoms with van der Waals surface area (Å²) >= 11 is 0. The number of carbonyl (C=O) groups excluding carboxylic acids is 2. The maximum atomic E-state index is 12.8. The lowest BCUT2D eigenvalue weighted by molar-refractivity contribution is -0.137. The van der Waals surface area contributed by atoms with Crippen LogP contribution in [-0.2, 0) is 27.7 Å². The fourth-order valence-corrected chi connectivity index (χ4v) is 3.80. The predicted octanol–water partition coefficient (Wildman–Crippen LogP) is 3.03. The molecule has 174 valence electrons. The van der Waals surface area contributed by atoms with Gasteiger partial charge in [0.1, 0.15) is 11.2 Å². The van der Waals surface area contributed by atoms with E-state index in [0.29, 0.717) is 30.9 Å². The number of hydrogen-bond acceptors (Lipinski definition) is 6. The van der Waals surface area contributed by atoms with Crippen molar-refractivity contribution in [3.05, 3.63) is 39.9 Å². The SMILES string of the molecule is CC(=O)NC1(c2noc(CCC(=O)Nc3cc(C(F)(F)F)c[nH]c3=O)n2)CCCCCC1. The van der Waals surface area contributed by atoms with Gasteiger partial charge in [0.2, 0.25) is 17.7 Å². The number of halogens is 3. The Morgan fingerprint density at radius 1 is 1.22 bits per heavy atom. The molecule has 1 fully saturated rings. The number of nitrogens with zero attached hydrogens (tertiary/aromatic N) is 2. The van der Waals surface area contributed by atoms with Gasteiger partial charge in [0.15, 0.2) is 5.82 Å². The molecule has 0 unspecified atom stereocenters. The molecule has 2 aromatic rings. The molecule has 0 atom stereocenters. The summed E-state index contributed by atoms with van der Waals surface area (Å²) < 4.78 is 43.7. The molecule has 0 spiro atoms. The topological polar surface area (TPSA) is 130 Å². The van der Waals surface area contributed by atoms with Gasteiger partial charge in [-0.2, -0.15) is 18.2 Å². The van der Waals surface area contributed by atoms with Gasteiger partial charge in [0.25, 0.3) is 5.56 Å². The maximum Gasteiger partial charge on any atom is 0.417 e. The summed E-state index contributed by atoms with van der Waals surface area (Å²) in [5.74, 6) is -0.383. The van der Waals surface area contributed by atoms with Gasteiger partial charge >= 0.3 is 6.18 Å². The van der Waals surface area contributed by atoms with Crippen molar-refractivity contribution in [1.29, 1.82) is 0 Å². The van der Waals surface area contributed by atoms with Crippen LogP contribution in [0, 0.1) is 0 Å². The first-order valence-electron chi connectivity index (χ1n) is 10.3. The van der Waals surface area contributed by atoms with E-state index in [2.05, 4.69) is 20.8 Å². The van der Waals surface area contributed by atoms with Crippen LogP contribution in [-0.4, -0.2) is 26.9 Å². The third-order valence-electron chi connectivity index (χ3n) is 5.34. The quantitative estimate of drug-likeness (QED) is 0.574. The van der Waals surface area contributed by atoms with E-state index in [-0.39, 0.29) is 24.6 Å². The van der Waals surface area contributed by atoms with Gasteiger partial charge in [-0.3, -0.25) is 14.4 Å². The molecule has 0 aromatic carbocycles. The lowest BCUT2D eigenvalue weighted by Crippen LogP contribution is -2.45. The number of carbonyl (C=O) groups is 2. The number of hydrogen-bond donors (Lipinski definition) is 3. The Morgan fingerprint density at radius 2 is 1.91 bits per heavy atom. The molecule has 2 amide bonds. The molecule has 3 N–H and O–H groups in total. The van der Waals surface area contributed by atoms with Crippen molar-refractivity contribution >= 4 is 17.5 Å². The van der Waals surface area contributed by atoms with E-state index in [1.807, 2.05) is 4.98 Å². The van der Waals surface area contributed by atoms with Crippen LogP contribution in [0.1, 0.15) is 69.1 Å². The molecule has 32 heavy (non-hydrogen) atoms. The van der Waals surface area contributed by atoms with E-state index in [0.717, 1.165) is 25.7 Å². The molecule has 0 aliphatic heterocycles. The number of aryl methyl sites for hydroxylation is 1. The maximum absolute atomic E-state index is 12.8. The zero-order chi connectivity index (χ0) is 23.4.